The standard InChI is InChI=1S/C18H21N5O4S/c1-6-22(15-13(5)10(2)7-8-14(15)16(24)25)28(26,27)18-20-17-19-11(3)9-12(4)23(17)21-18/h7-9H,6H2,1-5H3,(H,24,25). The summed E-state index contributed by atoms with van der Waals surface area (Å²) in [6, 6.07) is 4.83. The number of carboxylic acids is 1. The van der Waals surface area contributed by atoms with Gasteiger partial charge in [0, 0.05) is 17.9 Å². The Kier molecular flexibility index (Phi) is 4.84. The summed E-state index contributed by atoms with van der Waals surface area (Å²) in [6.07, 6.45) is 0. The summed E-state index contributed by atoms with van der Waals surface area (Å²) in [5, 5.41) is 13.3. The van der Waals surface area contributed by atoms with Crippen molar-refractivity contribution in [3.63, 3.8) is 0 Å². The molecular formula is C18H21N5O4S. The number of aromatic nitrogens is 4. The maximum Gasteiger partial charge on any atom is 0.337 e. The second kappa shape index (κ2) is 6.86. The Bertz CT molecular complexity index is 1200. The van der Waals surface area contributed by atoms with Crippen molar-refractivity contribution in [1.29, 1.82) is 0 Å². The van der Waals surface area contributed by atoms with E-state index in [9.17, 15) is 18.3 Å². The fourth-order valence-corrected chi connectivity index (χ4v) is 4.49. The molecule has 2 heterocycles. The Labute approximate surface area is 162 Å². The van der Waals surface area contributed by atoms with Crippen molar-refractivity contribution in [2.75, 3.05) is 10.8 Å². The number of aromatic carboxylic acids is 1. The molecule has 0 bridgehead atoms. The number of anilines is 1. The number of aryl methyl sites for hydroxylation is 3. The Morgan fingerprint density at radius 3 is 2.46 bits per heavy atom. The Balaban J connectivity index is 2.25. The molecule has 10 heteroatoms. The van der Waals surface area contributed by atoms with Crippen molar-refractivity contribution in [2.45, 2.75) is 39.8 Å². The molecule has 1 N–H and O–H groups in total. The van der Waals surface area contributed by atoms with E-state index in [1.807, 2.05) is 0 Å². The molecule has 0 radical (unpaired) electrons. The molecule has 9 nitrogen and oxygen atoms in total. The predicted octanol–water partition coefficient (Wildman–Crippen LogP) is 2.27. The summed E-state index contributed by atoms with van der Waals surface area (Å²) in [7, 11) is -4.20. The average Bonchev–Trinajstić information content (AvgIpc) is 3.04. The lowest BCUT2D eigenvalue weighted by Gasteiger charge is -2.25. The summed E-state index contributed by atoms with van der Waals surface area (Å²) < 4.78 is 29.1. The monoisotopic (exact) mass is 403 g/mol. The van der Waals surface area contributed by atoms with Gasteiger partial charge >= 0.3 is 16.0 Å². The van der Waals surface area contributed by atoms with Crippen LogP contribution < -0.4 is 4.31 Å². The number of nitrogens with zero attached hydrogens (tertiary/aromatic N) is 5. The largest absolute Gasteiger partial charge is 0.478 e. The Morgan fingerprint density at radius 2 is 1.86 bits per heavy atom. The van der Waals surface area contributed by atoms with Crippen LogP contribution in [0.3, 0.4) is 0 Å². The van der Waals surface area contributed by atoms with Crippen LogP contribution in [0.15, 0.2) is 23.4 Å². The molecule has 0 aliphatic carbocycles. The third-order valence-corrected chi connectivity index (χ3v) is 6.24. The first-order valence-electron chi connectivity index (χ1n) is 8.65. The van der Waals surface area contributed by atoms with E-state index in [1.54, 1.807) is 46.8 Å². The lowest BCUT2D eigenvalue weighted by Crippen LogP contribution is -2.33. The zero-order chi connectivity index (χ0) is 20.8. The SMILES string of the molecule is CCN(c1c(C(=O)O)ccc(C)c1C)S(=O)(=O)c1nc2nc(C)cc(C)n2n1. The molecule has 0 amide bonds. The molecule has 0 saturated heterocycles. The number of carbonyl (C=O) groups is 1. The molecule has 0 unspecified atom stereocenters. The van der Waals surface area contributed by atoms with Gasteiger partial charge in [-0.1, -0.05) is 6.07 Å². The topological polar surface area (TPSA) is 118 Å². The van der Waals surface area contributed by atoms with E-state index < -0.39 is 21.1 Å². The predicted molar refractivity (Wildman–Crippen MR) is 103 cm³/mol. The Hall–Kier alpha value is -3.01. The fourth-order valence-electron chi connectivity index (χ4n) is 3.10. The van der Waals surface area contributed by atoms with Crippen LogP contribution in [0.2, 0.25) is 0 Å². The van der Waals surface area contributed by atoms with Crippen molar-refractivity contribution in [2.24, 2.45) is 0 Å². The summed E-state index contributed by atoms with van der Waals surface area (Å²) in [5.41, 5.74) is 2.76. The normalized spacial score (nSPS) is 11.8. The van der Waals surface area contributed by atoms with Gasteiger partial charge in [-0.25, -0.2) is 14.3 Å². The highest BCUT2D eigenvalue weighted by Crippen LogP contribution is 2.31. The smallest absolute Gasteiger partial charge is 0.337 e. The van der Waals surface area contributed by atoms with Gasteiger partial charge in [0.15, 0.2) is 0 Å². The van der Waals surface area contributed by atoms with Crippen LogP contribution in [0.1, 0.15) is 39.8 Å². The third kappa shape index (κ3) is 3.09. The second-order valence-corrected chi connectivity index (χ2v) is 8.28. The number of fused-ring (bicyclic) bond motifs is 1. The summed E-state index contributed by atoms with van der Waals surface area (Å²) >= 11 is 0. The van der Waals surface area contributed by atoms with Crippen molar-refractivity contribution in [1.82, 2.24) is 19.6 Å². The molecule has 0 aliphatic heterocycles. The number of hydrogen-bond acceptors (Lipinski definition) is 6. The van der Waals surface area contributed by atoms with Gasteiger partial charge in [-0.2, -0.15) is 13.4 Å². The summed E-state index contributed by atoms with van der Waals surface area (Å²) in [6.45, 7) is 8.70. The summed E-state index contributed by atoms with van der Waals surface area (Å²) in [4.78, 5) is 20.0. The van der Waals surface area contributed by atoms with E-state index in [-0.39, 0.29) is 23.6 Å². The van der Waals surface area contributed by atoms with Crippen molar-refractivity contribution in [3.05, 3.63) is 46.3 Å². The van der Waals surface area contributed by atoms with Crippen LogP contribution in [-0.2, 0) is 10.0 Å². The number of sulfonamides is 1. The average molecular weight is 403 g/mol. The van der Waals surface area contributed by atoms with Crippen molar-refractivity contribution in [3.8, 4) is 0 Å². The molecule has 3 aromatic rings. The van der Waals surface area contributed by atoms with E-state index >= 15 is 0 Å². The summed E-state index contributed by atoms with van der Waals surface area (Å²) in [5.74, 6) is -1.03. The highest BCUT2D eigenvalue weighted by molar-refractivity contribution is 7.92. The maximum absolute atomic E-state index is 13.3. The zero-order valence-electron chi connectivity index (χ0n) is 16.3. The van der Waals surface area contributed by atoms with Gasteiger partial charge < -0.3 is 5.11 Å². The molecule has 2 aromatic heterocycles. The number of carboxylic acid groups (broad SMARTS) is 1. The molecule has 0 fully saturated rings. The van der Waals surface area contributed by atoms with Crippen LogP contribution in [0, 0.1) is 27.7 Å². The quantitative estimate of drug-likeness (QED) is 0.694. The van der Waals surface area contributed by atoms with Gasteiger partial charge in [-0.3, -0.25) is 4.31 Å². The second-order valence-electron chi connectivity index (χ2n) is 6.52. The molecule has 0 saturated carbocycles. The van der Waals surface area contributed by atoms with E-state index in [0.717, 1.165) is 9.87 Å². The van der Waals surface area contributed by atoms with Gasteiger partial charge in [0.2, 0.25) is 0 Å². The molecular weight excluding hydrogens is 382 g/mol. The zero-order valence-corrected chi connectivity index (χ0v) is 17.1. The van der Waals surface area contributed by atoms with Crippen LogP contribution in [-0.4, -0.2) is 45.6 Å². The first kappa shape index (κ1) is 19.7. The van der Waals surface area contributed by atoms with Gasteiger partial charge in [-0.05, 0) is 57.9 Å². The van der Waals surface area contributed by atoms with Gasteiger partial charge in [0.25, 0.3) is 10.9 Å². The van der Waals surface area contributed by atoms with Gasteiger partial charge in [0.05, 0.1) is 11.3 Å². The molecule has 0 aliphatic rings. The van der Waals surface area contributed by atoms with Gasteiger partial charge in [0.1, 0.15) is 0 Å². The van der Waals surface area contributed by atoms with Crippen LogP contribution >= 0.6 is 0 Å². The molecule has 148 valence electrons. The number of benzene rings is 1. The lowest BCUT2D eigenvalue weighted by molar-refractivity contribution is 0.0697. The third-order valence-electron chi connectivity index (χ3n) is 4.59. The fraction of sp³-hybridized carbons (Fsp3) is 0.333. The minimum Gasteiger partial charge on any atom is -0.478 e. The highest BCUT2D eigenvalue weighted by atomic mass is 32.2. The van der Waals surface area contributed by atoms with Crippen LogP contribution in [0.4, 0.5) is 5.69 Å². The first-order chi connectivity index (χ1) is 13.1. The molecule has 3 rings (SSSR count). The molecule has 28 heavy (non-hydrogen) atoms. The van der Waals surface area contributed by atoms with E-state index in [1.165, 1.54) is 10.6 Å². The van der Waals surface area contributed by atoms with Gasteiger partial charge in [-0.15, -0.1) is 5.10 Å². The number of rotatable bonds is 5. The number of hydrogen-bond donors (Lipinski definition) is 1. The van der Waals surface area contributed by atoms with Crippen LogP contribution in [0.5, 0.6) is 0 Å². The van der Waals surface area contributed by atoms with E-state index in [2.05, 4.69) is 15.1 Å². The highest BCUT2D eigenvalue weighted by Gasteiger charge is 2.32. The maximum atomic E-state index is 13.3. The first-order valence-corrected chi connectivity index (χ1v) is 10.1. The minimum atomic E-state index is -4.20. The van der Waals surface area contributed by atoms with Crippen LogP contribution in [0.25, 0.3) is 5.78 Å². The minimum absolute atomic E-state index is 0.0217. The lowest BCUT2D eigenvalue weighted by atomic mass is 10.0. The molecule has 1 aromatic carbocycles. The van der Waals surface area contributed by atoms with Crippen molar-refractivity contribution < 1.29 is 18.3 Å². The Morgan fingerprint density at radius 1 is 1.18 bits per heavy atom. The van der Waals surface area contributed by atoms with Crippen molar-refractivity contribution >= 4 is 27.5 Å². The van der Waals surface area contributed by atoms with E-state index in [0.29, 0.717) is 17.0 Å². The molecule has 0 atom stereocenters. The molecule has 0 spiro atoms. The van der Waals surface area contributed by atoms with E-state index in [4.69, 9.17) is 0 Å².